The van der Waals surface area contributed by atoms with Gasteiger partial charge in [0.25, 0.3) is 0 Å². The molecule has 0 aromatic carbocycles. The Labute approximate surface area is 121 Å². The first kappa shape index (κ1) is 15.6. The molecule has 1 fully saturated rings. The van der Waals surface area contributed by atoms with Crippen molar-refractivity contribution in [3.05, 3.63) is 11.1 Å². The summed E-state index contributed by atoms with van der Waals surface area (Å²) in [5.41, 5.74) is -0.811. The van der Waals surface area contributed by atoms with Gasteiger partial charge in [0.15, 0.2) is 10.8 Å². The number of piperidine rings is 1. The average molecular weight is 307 g/mol. The predicted molar refractivity (Wildman–Crippen MR) is 75.1 cm³/mol. The summed E-state index contributed by atoms with van der Waals surface area (Å²) < 4.78 is 37.2. The van der Waals surface area contributed by atoms with Gasteiger partial charge in [-0.3, -0.25) is 0 Å². The van der Waals surface area contributed by atoms with Gasteiger partial charge in [-0.15, -0.1) is 11.3 Å². The van der Waals surface area contributed by atoms with Crippen LogP contribution < -0.4 is 5.32 Å². The normalized spacial score (nSPS) is 21.1. The molecule has 1 saturated heterocycles. The number of nitrogens with one attached hydrogen (secondary N) is 1. The fourth-order valence-corrected chi connectivity index (χ4v) is 3.20. The van der Waals surface area contributed by atoms with Crippen molar-refractivity contribution in [1.29, 1.82) is 0 Å². The van der Waals surface area contributed by atoms with Crippen LogP contribution in [-0.2, 0) is 6.18 Å². The summed E-state index contributed by atoms with van der Waals surface area (Å²) in [7, 11) is 0. The largest absolute Gasteiger partial charge is 0.434 e. The van der Waals surface area contributed by atoms with E-state index < -0.39 is 11.9 Å². The number of likely N-dealkylation sites (tertiary alicyclic amines) is 1. The molecule has 7 heteroatoms. The summed E-state index contributed by atoms with van der Waals surface area (Å²) in [5, 5.41) is 4.37. The molecule has 0 radical (unpaired) electrons. The molecule has 1 aliphatic rings. The number of alkyl halides is 3. The lowest BCUT2D eigenvalue weighted by molar-refractivity contribution is -0.140. The fourth-order valence-electron chi connectivity index (χ4n) is 2.45. The minimum atomic E-state index is -4.35. The Bertz CT molecular complexity index is 419. The summed E-state index contributed by atoms with van der Waals surface area (Å²) in [5.74, 6) is 0. The zero-order valence-electron chi connectivity index (χ0n) is 11.5. The van der Waals surface area contributed by atoms with Gasteiger partial charge in [0.05, 0.1) is 0 Å². The molecule has 0 aliphatic carbocycles. The van der Waals surface area contributed by atoms with E-state index in [-0.39, 0.29) is 0 Å². The lowest BCUT2D eigenvalue weighted by atomic mass is 10.0. The third kappa shape index (κ3) is 4.34. The second-order valence-electron chi connectivity index (χ2n) is 5.20. The second kappa shape index (κ2) is 6.76. The van der Waals surface area contributed by atoms with Gasteiger partial charge in [0, 0.05) is 24.5 Å². The molecule has 0 amide bonds. The third-order valence-corrected chi connectivity index (χ3v) is 4.43. The molecule has 0 spiro atoms. The number of halogens is 3. The molecule has 0 bridgehead atoms. The van der Waals surface area contributed by atoms with Crippen LogP contribution in [0.4, 0.5) is 18.3 Å². The minimum absolute atomic E-state index is 0.351. The van der Waals surface area contributed by atoms with Crippen LogP contribution in [0.3, 0.4) is 0 Å². The standard InChI is InChI=1S/C13H20F3N3S/c1-10-5-2-3-7-19(10)8-4-6-17-12-18-11(9-20-12)13(14,15)16/h9-10H,2-8H2,1H3,(H,17,18). The molecule has 1 atom stereocenters. The van der Waals surface area contributed by atoms with Gasteiger partial charge in [-0.05, 0) is 32.7 Å². The zero-order chi connectivity index (χ0) is 14.6. The molecule has 3 nitrogen and oxygen atoms in total. The Balaban J connectivity index is 1.69. The van der Waals surface area contributed by atoms with Crippen LogP contribution in [0.15, 0.2) is 5.38 Å². The number of hydrogen-bond donors (Lipinski definition) is 1. The van der Waals surface area contributed by atoms with Crippen molar-refractivity contribution in [1.82, 2.24) is 9.88 Å². The van der Waals surface area contributed by atoms with E-state index in [0.717, 1.165) is 36.2 Å². The highest BCUT2D eigenvalue weighted by atomic mass is 32.1. The Hall–Kier alpha value is -0.820. The van der Waals surface area contributed by atoms with Gasteiger partial charge >= 0.3 is 6.18 Å². The SMILES string of the molecule is CC1CCCCN1CCCNc1nc(C(F)(F)F)cs1. The van der Waals surface area contributed by atoms with Crippen molar-refractivity contribution in [2.45, 2.75) is 44.8 Å². The summed E-state index contributed by atoms with van der Waals surface area (Å²) in [6.45, 7) is 5.03. The maximum absolute atomic E-state index is 12.4. The molecule has 1 unspecified atom stereocenters. The van der Waals surface area contributed by atoms with Gasteiger partial charge in [0.1, 0.15) is 0 Å². The van der Waals surface area contributed by atoms with Crippen LogP contribution in [-0.4, -0.2) is 35.6 Å². The number of hydrogen-bond acceptors (Lipinski definition) is 4. The summed E-state index contributed by atoms with van der Waals surface area (Å²) in [6, 6.07) is 0.625. The van der Waals surface area contributed by atoms with Gasteiger partial charge in [-0.25, -0.2) is 4.98 Å². The van der Waals surface area contributed by atoms with E-state index in [9.17, 15) is 13.2 Å². The highest BCUT2D eigenvalue weighted by Crippen LogP contribution is 2.31. The van der Waals surface area contributed by atoms with Crippen molar-refractivity contribution < 1.29 is 13.2 Å². The van der Waals surface area contributed by atoms with Crippen molar-refractivity contribution in [3.8, 4) is 0 Å². The van der Waals surface area contributed by atoms with E-state index >= 15 is 0 Å². The maximum atomic E-state index is 12.4. The van der Waals surface area contributed by atoms with Crippen LogP contribution in [0.5, 0.6) is 0 Å². The maximum Gasteiger partial charge on any atom is 0.434 e. The molecule has 0 saturated carbocycles. The summed E-state index contributed by atoms with van der Waals surface area (Å²) in [6.07, 6.45) is 0.369. The van der Waals surface area contributed by atoms with E-state index in [4.69, 9.17) is 0 Å². The van der Waals surface area contributed by atoms with Crippen molar-refractivity contribution >= 4 is 16.5 Å². The Morgan fingerprint density at radius 3 is 2.90 bits per heavy atom. The first-order valence-electron chi connectivity index (χ1n) is 6.97. The number of aromatic nitrogens is 1. The van der Waals surface area contributed by atoms with E-state index in [2.05, 4.69) is 22.1 Å². The quantitative estimate of drug-likeness (QED) is 0.838. The van der Waals surface area contributed by atoms with E-state index in [1.54, 1.807) is 0 Å². The van der Waals surface area contributed by atoms with Crippen molar-refractivity contribution in [2.75, 3.05) is 25.0 Å². The van der Waals surface area contributed by atoms with Crippen molar-refractivity contribution in [2.24, 2.45) is 0 Å². The Kier molecular flexibility index (Phi) is 5.26. The van der Waals surface area contributed by atoms with Crippen LogP contribution in [0, 0.1) is 0 Å². The first-order chi connectivity index (χ1) is 9.47. The molecule has 2 rings (SSSR count). The third-order valence-electron chi connectivity index (χ3n) is 3.63. The molecule has 20 heavy (non-hydrogen) atoms. The Morgan fingerprint density at radius 2 is 2.25 bits per heavy atom. The fraction of sp³-hybridized carbons (Fsp3) is 0.769. The highest BCUT2D eigenvalue weighted by Gasteiger charge is 2.33. The first-order valence-corrected chi connectivity index (χ1v) is 7.85. The number of nitrogens with zero attached hydrogens (tertiary/aromatic N) is 2. The topological polar surface area (TPSA) is 28.2 Å². The summed E-state index contributed by atoms with van der Waals surface area (Å²) >= 11 is 1.01. The molecule has 1 aromatic rings. The van der Waals surface area contributed by atoms with E-state index in [1.165, 1.54) is 19.3 Å². The Morgan fingerprint density at radius 1 is 1.45 bits per heavy atom. The van der Waals surface area contributed by atoms with Crippen LogP contribution in [0.1, 0.15) is 38.3 Å². The van der Waals surface area contributed by atoms with Crippen molar-refractivity contribution in [3.63, 3.8) is 0 Å². The summed E-state index contributed by atoms with van der Waals surface area (Å²) in [4.78, 5) is 6.00. The zero-order valence-corrected chi connectivity index (χ0v) is 12.4. The molecule has 1 aromatic heterocycles. The second-order valence-corrected chi connectivity index (χ2v) is 6.05. The lowest BCUT2D eigenvalue weighted by Gasteiger charge is -2.33. The lowest BCUT2D eigenvalue weighted by Crippen LogP contribution is -2.38. The smallest absolute Gasteiger partial charge is 0.361 e. The van der Waals surface area contributed by atoms with Crippen LogP contribution in [0.2, 0.25) is 0 Å². The van der Waals surface area contributed by atoms with E-state index in [1.807, 2.05) is 0 Å². The minimum Gasteiger partial charge on any atom is -0.361 e. The number of thiazole rings is 1. The average Bonchev–Trinajstić information content (AvgIpc) is 2.85. The van der Waals surface area contributed by atoms with Gasteiger partial charge in [-0.2, -0.15) is 13.2 Å². The molecular weight excluding hydrogens is 287 g/mol. The van der Waals surface area contributed by atoms with Gasteiger partial charge in [0.2, 0.25) is 0 Å². The molecule has 1 N–H and O–H groups in total. The number of anilines is 1. The van der Waals surface area contributed by atoms with Gasteiger partial charge in [-0.1, -0.05) is 6.42 Å². The molecule has 1 aliphatic heterocycles. The molecule has 114 valence electrons. The van der Waals surface area contributed by atoms with Crippen LogP contribution in [0.25, 0.3) is 0 Å². The predicted octanol–water partition coefficient (Wildman–Crippen LogP) is 3.84. The molecule has 2 heterocycles. The molecular formula is C13H20F3N3S. The number of rotatable bonds is 5. The highest BCUT2D eigenvalue weighted by molar-refractivity contribution is 7.13. The van der Waals surface area contributed by atoms with E-state index in [0.29, 0.717) is 17.7 Å². The van der Waals surface area contributed by atoms with Crippen LogP contribution >= 0.6 is 11.3 Å². The van der Waals surface area contributed by atoms with Gasteiger partial charge < -0.3 is 10.2 Å². The monoisotopic (exact) mass is 307 g/mol.